The number of aryl methyl sites for hydroxylation is 1. The first-order chi connectivity index (χ1) is 11.4. The molecule has 0 atom stereocenters. The summed E-state index contributed by atoms with van der Waals surface area (Å²) in [5.74, 6) is -1.46. The highest BCUT2D eigenvalue weighted by Gasteiger charge is 2.34. The molecular formula is C19H16O5. The number of phenols is 2. The van der Waals surface area contributed by atoms with Crippen LogP contribution >= 0.6 is 0 Å². The number of carbonyl (C=O) groups excluding carboxylic acids is 3. The van der Waals surface area contributed by atoms with E-state index in [1.807, 2.05) is 0 Å². The Balaban J connectivity index is 2.09. The smallest absolute Gasteiger partial charge is 0.198 e. The number of ketones is 3. The molecule has 2 N–H and O–H groups in total. The number of carbonyl (C=O) groups is 3. The highest BCUT2D eigenvalue weighted by Crippen LogP contribution is 2.37. The van der Waals surface area contributed by atoms with Gasteiger partial charge in [-0.2, -0.15) is 0 Å². The van der Waals surface area contributed by atoms with Crippen LogP contribution in [-0.4, -0.2) is 27.6 Å². The van der Waals surface area contributed by atoms with E-state index in [4.69, 9.17) is 0 Å². The van der Waals surface area contributed by atoms with E-state index in [1.165, 1.54) is 30.3 Å². The minimum absolute atomic E-state index is 0.0452. The lowest BCUT2D eigenvalue weighted by molar-refractivity contribution is -0.118. The van der Waals surface area contributed by atoms with Crippen molar-refractivity contribution in [3.8, 4) is 11.5 Å². The molecule has 3 rings (SSSR count). The SMILES string of the molecule is CCC(=O)CCc1cc(O)c2c(c1)C(=O)c1c(O)cccc1C2=O. The molecule has 1 aliphatic carbocycles. The zero-order valence-corrected chi connectivity index (χ0v) is 13.1. The molecule has 0 amide bonds. The summed E-state index contributed by atoms with van der Waals surface area (Å²) in [6, 6.07) is 7.21. The topological polar surface area (TPSA) is 91.7 Å². The number of fused-ring (bicyclic) bond motifs is 2. The second-order valence-electron chi connectivity index (χ2n) is 5.79. The van der Waals surface area contributed by atoms with Gasteiger partial charge < -0.3 is 10.2 Å². The quantitative estimate of drug-likeness (QED) is 0.770. The lowest BCUT2D eigenvalue weighted by atomic mass is 9.82. The summed E-state index contributed by atoms with van der Waals surface area (Å²) in [5, 5.41) is 20.2. The van der Waals surface area contributed by atoms with Gasteiger partial charge in [0.05, 0.1) is 11.1 Å². The molecule has 122 valence electrons. The van der Waals surface area contributed by atoms with E-state index in [0.29, 0.717) is 24.8 Å². The molecule has 0 bridgehead atoms. The molecule has 0 saturated heterocycles. The second kappa shape index (κ2) is 5.92. The minimum atomic E-state index is -0.503. The molecule has 0 radical (unpaired) electrons. The van der Waals surface area contributed by atoms with E-state index >= 15 is 0 Å². The third-order valence-electron chi connectivity index (χ3n) is 4.25. The molecule has 1 aliphatic rings. The average Bonchev–Trinajstić information content (AvgIpc) is 2.56. The summed E-state index contributed by atoms with van der Waals surface area (Å²) in [5.41, 5.74) is 0.651. The van der Waals surface area contributed by atoms with Crippen molar-refractivity contribution in [2.75, 3.05) is 0 Å². The first kappa shape index (κ1) is 15.9. The lowest BCUT2D eigenvalue weighted by Gasteiger charge is -2.20. The molecule has 0 heterocycles. The molecule has 2 aromatic rings. The first-order valence-corrected chi connectivity index (χ1v) is 7.73. The number of hydrogen-bond acceptors (Lipinski definition) is 5. The van der Waals surface area contributed by atoms with Gasteiger partial charge in [0.15, 0.2) is 11.6 Å². The van der Waals surface area contributed by atoms with E-state index in [2.05, 4.69) is 0 Å². The molecule has 5 nitrogen and oxygen atoms in total. The van der Waals surface area contributed by atoms with Crippen molar-refractivity contribution in [2.24, 2.45) is 0 Å². The predicted molar refractivity (Wildman–Crippen MR) is 86.7 cm³/mol. The van der Waals surface area contributed by atoms with Crippen LogP contribution in [0.15, 0.2) is 30.3 Å². The summed E-state index contributed by atoms with van der Waals surface area (Å²) >= 11 is 0. The number of phenolic OH excluding ortho intramolecular Hbond substituents is 2. The van der Waals surface area contributed by atoms with Crippen molar-refractivity contribution in [3.05, 3.63) is 58.1 Å². The van der Waals surface area contributed by atoms with Crippen molar-refractivity contribution in [2.45, 2.75) is 26.2 Å². The van der Waals surface area contributed by atoms with Gasteiger partial charge in [0, 0.05) is 24.0 Å². The molecule has 0 unspecified atom stereocenters. The fourth-order valence-corrected chi connectivity index (χ4v) is 2.94. The predicted octanol–water partition coefficient (Wildman–Crippen LogP) is 2.78. The van der Waals surface area contributed by atoms with Crippen molar-refractivity contribution in [1.82, 2.24) is 0 Å². The molecule has 0 spiro atoms. The van der Waals surface area contributed by atoms with Crippen LogP contribution in [0.3, 0.4) is 0 Å². The van der Waals surface area contributed by atoms with Gasteiger partial charge in [-0.3, -0.25) is 14.4 Å². The summed E-state index contributed by atoms with van der Waals surface area (Å²) < 4.78 is 0. The Hall–Kier alpha value is -2.95. The van der Waals surface area contributed by atoms with Crippen LogP contribution < -0.4 is 0 Å². The van der Waals surface area contributed by atoms with Crippen LogP contribution in [-0.2, 0) is 11.2 Å². The highest BCUT2D eigenvalue weighted by atomic mass is 16.3. The molecule has 24 heavy (non-hydrogen) atoms. The van der Waals surface area contributed by atoms with Crippen molar-refractivity contribution in [1.29, 1.82) is 0 Å². The lowest BCUT2D eigenvalue weighted by Crippen LogP contribution is -2.21. The maximum Gasteiger partial charge on any atom is 0.198 e. The van der Waals surface area contributed by atoms with Gasteiger partial charge in [-0.05, 0) is 30.2 Å². The second-order valence-corrected chi connectivity index (χ2v) is 5.79. The Bertz CT molecular complexity index is 880. The number of aromatic hydroxyl groups is 2. The minimum Gasteiger partial charge on any atom is -0.507 e. The maximum atomic E-state index is 12.7. The van der Waals surface area contributed by atoms with Crippen molar-refractivity contribution >= 4 is 17.3 Å². The Morgan fingerprint density at radius 2 is 1.62 bits per heavy atom. The van der Waals surface area contributed by atoms with Crippen LogP contribution in [0.25, 0.3) is 0 Å². The normalized spacial score (nSPS) is 12.7. The van der Waals surface area contributed by atoms with Crippen molar-refractivity contribution in [3.63, 3.8) is 0 Å². The summed E-state index contributed by atoms with van der Waals surface area (Å²) in [6.07, 6.45) is 1.11. The van der Waals surface area contributed by atoms with Gasteiger partial charge in [-0.25, -0.2) is 0 Å². The van der Waals surface area contributed by atoms with E-state index in [1.54, 1.807) is 6.92 Å². The van der Waals surface area contributed by atoms with Crippen LogP contribution in [0, 0.1) is 0 Å². The maximum absolute atomic E-state index is 12.7. The number of benzene rings is 2. The monoisotopic (exact) mass is 324 g/mol. The summed E-state index contributed by atoms with van der Waals surface area (Å²) in [7, 11) is 0. The van der Waals surface area contributed by atoms with Gasteiger partial charge >= 0.3 is 0 Å². The largest absolute Gasteiger partial charge is 0.507 e. The molecule has 5 heteroatoms. The van der Waals surface area contributed by atoms with E-state index in [-0.39, 0.29) is 39.5 Å². The standard InChI is InChI=1S/C19H16O5/c1-2-11(20)7-6-10-8-13-17(15(22)9-10)18(23)12-4-3-5-14(21)16(12)19(13)24/h3-5,8-9,21-22H,2,6-7H2,1H3. The zero-order valence-electron chi connectivity index (χ0n) is 13.1. The van der Waals surface area contributed by atoms with Gasteiger partial charge in [0.2, 0.25) is 0 Å². The Morgan fingerprint density at radius 3 is 2.33 bits per heavy atom. The molecular weight excluding hydrogens is 308 g/mol. The molecule has 0 aliphatic heterocycles. The van der Waals surface area contributed by atoms with Gasteiger partial charge in [-0.1, -0.05) is 19.1 Å². The Morgan fingerprint density at radius 1 is 0.958 bits per heavy atom. The first-order valence-electron chi connectivity index (χ1n) is 7.73. The third kappa shape index (κ3) is 2.48. The highest BCUT2D eigenvalue weighted by molar-refractivity contribution is 6.30. The van der Waals surface area contributed by atoms with E-state index in [9.17, 15) is 24.6 Å². The van der Waals surface area contributed by atoms with Gasteiger partial charge in [0.1, 0.15) is 17.3 Å². The van der Waals surface area contributed by atoms with Crippen LogP contribution in [0.2, 0.25) is 0 Å². The Labute approximate surface area is 138 Å². The average molecular weight is 324 g/mol. The Kier molecular flexibility index (Phi) is 3.93. The van der Waals surface area contributed by atoms with Crippen LogP contribution in [0.4, 0.5) is 0 Å². The number of rotatable bonds is 4. The van der Waals surface area contributed by atoms with Gasteiger partial charge in [0.25, 0.3) is 0 Å². The fourth-order valence-electron chi connectivity index (χ4n) is 2.94. The molecule has 0 saturated carbocycles. The van der Waals surface area contributed by atoms with Crippen molar-refractivity contribution < 1.29 is 24.6 Å². The third-order valence-corrected chi connectivity index (χ3v) is 4.25. The summed E-state index contributed by atoms with van der Waals surface area (Å²) in [4.78, 5) is 36.7. The van der Waals surface area contributed by atoms with Gasteiger partial charge in [-0.15, -0.1) is 0 Å². The fraction of sp³-hybridized carbons (Fsp3) is 0.211. The summed E-state index contributed by atoms with van der Waals surface area (Å²) in [6.45, 7) is 1.77. The number of Topliss-reactive ketones (excluding diaryl/α,β-unsaturated/α-hetero) is 1. The van der Waals surface area contributed by atoms with Crippen LogP contribution in [0.1, 0.15) is 57.2 Å². The molecule has 0 fully saturated rings. The van der Waals surface area contributed by atoms with Crippen LogP contribution in [0.5, 0.6) is 11.5 Å². The number of hydrogen-bond donors (Lipinski definition) is 2. The molecule has 0 aromatic heterocycles. The van der Waals surface area contributed by atoms with E-state index in [0.717, 1.165) is 0 Å². The van der Waals surface area contributed by atoms with E-state index < -0.39 is 11.6 Å². The molecule has 2 aromatic carbocycles. The zero-order chi connectivity index (χ0) is 17.4.